The van der Waals surface area contributed by atoms with Crippen LogP contribution in [0.1, 0.15) is 61.9 Å². The zero-order chi connectivity index (χ0) is 45.2. The number of nitro groups is 1. The lowest BCUT2D eigenvalue weighted by molar-refractivity contribution is -0.384. The van der Waals surface area contributed by atoms with E-state index >= 15 is 0 Å². The number of ether oxygens (including phenoxy) is 2. The van der Waals surface area contributed by atoms with Crippen molar-refractivity contribution in [2.75, 3.05) is 76.8 Å². The average Bonchev–Trinajstić information content (AvgIpc) is 3.75. The molecule has 3 N–H and O–H groups in total. The number of aromatic amines is 1. The number of likely N-dealkylation sites (N-methyl/N-ethyl adjacent to an activating group) is 1. The van der Waals surface area contributed by atoms with E-state index in [4.69, 9.17) is 21.1 Å². The summed E-state index contributed by atoms with van der Waals surface area (Å²) in [5, 5.41) is 17.1. The van der Waals surface area contributed by atoms with Crippen LogP contribution in [0.3, 0.4) is 0 Å². The molecule has 1 aliphatic carbocycles. The lowest BCUT2D eigenvalue weighted by Gasteiger charge is -2.43. The van der Waals surface area contributed by atoms with Gasteiger partial charge in [0.2, 0.25) is 0 Å². The van der Waals surface area contributed by atoms with Crippen LogP contribution >= 0.6 is 11.6 Å². The van der Waals surface area contributed by atoms with Crippen molar-refractivity contribution in [3.8, 4) is 11.5 Å². The summed E-state index contributed by atoms with van der Waals surface area (Å²) in [4.78, 5) is 35.2. The highest BCUT2D eigenvalue weighted by atomic mass is 35.5. The van der Waals surface area contributed by atoms with Gasteiger partial charge in [-0.05, 0) is 123 Å². The SMILES string of the molecule is CN(C)C1(CNc2ccc(S(=O)(=O)NC(=O)c3ccc(N4CCN(CC5=C(c6ccc(Cl)cc6)CC(C)(C)CC5)CC4)cc3Oc3ccc4[nH]ccc4c3)cc2[N+](=O)[O-])CCOCC1. The fourth-order valence-corrected chi connectivity index (χ4v) is 10.2. The number of allylic oxidation sites excluding steroid dienone is 1. The Bertz CT molecular complexity index is 2670. The third-order valence-corrected chi connectivity index (χ3v) is 14.8. The van der Waals surface area contributed by atoms with Crippen LogP contribution in [0.4, 0.5) is 17.1 Å². The molecular weight excluding hydrogens is 854 g/mol. The summed E-state index contributed by atoms with van der Waals surface area (Å²) >= 11 is 6.25. The number of aromatic nitrogens is 1. The van der Waals surface area contributed by atoms with Crippen LogP contribution in [0.5, 0.6) is 11.5 Å². The molecular formula is C48H56ClN7O7S. The Morgan fingerprint density at radius 3 is 2.42 bits per heavy atom. The van der Waals surface area contributed by atoms with Gasteiger partial charge in [0.05, 0.1) is 15.4 Å². The Morgan fingerprint density at radius 2 is 1.70 bits per heavy atom. The minimum Gasteiger partial charge on any atom is -0.456 e. The number of anilines is 2. The number of hydrogen-bond acceptors (Lipinski definition) is 11. The molecule has 0 atom stereocenters. The second kappa shape index (κ2) is 18.6. The van der Waals surface area contributed by atoms with Gasteiger partial charge in [0.15, 0.2) is 0 Å². The fourth-order valence-electron chi connectivity index (χ4n) is 9.11. The highest BCUT2D eigenvalue weighted by Gasteiger charge is 2.36. The van der Waals surface area contributed by atoms with Gasteiger partial charge in [0.25, 0.3) is 21.6 Å². The van der Waals surface area contributed by atoms with Crippen LogP contribution in [0.25, 0.3) is 16.5 Å². The molecule has 338 valence electrons. The highest BCUT2D eigenvalue weighted by Crippen LogP contribution is 2.44. The van der Waals surface area contributed by atoms with Crippen molar-refractivity contribution in [2.45, 2.75) is 56.4 Å². The Hall–Kier alpha value is -5.45. The van der Waals surface area contributed by atoms with Gasteiger partial charge >= 0.3 is 0 Å². The maximum Gasteiger partial charge on any atom is 0.293 e. The van der Waals surface area contributed by atoms with Crippen LogP contribution in [-0.2, 0) is 14.8 Å². The maximum atomic E-state index is 14.0. The standard InChI is InChI=1S/C48H56ClN7O7S/c1-47(2)17-15-35(41(30-47)33-5-7-36(49)8-6-33)31-54-21-23-55(24-22-54)37-9-12-40(45(28-37)63-38-10-13-42-34(27-38)16-20-50-42)46(57)52-64(60,61)39-11-14-43(44(29-39)56(58)59)51-32-48(53(3)4)18-25-62-26-19-48/h5-14,16,20,27-29,50-51H,15,17-19,21-26,30-32H2,1-4H3,(H,52,57). The van der Waals surface area contributed by atoms with Gasteiger partial charge in [-0.25, -0.2) is 13.1 Å². The van der Waals surface area contributed by atoms with E-state index in [-0.39, 0.29) is 28.0 Å². The quantitative estimate of drug-likeness (QED) is 0.0721. The van der Waals surface area contributed by atoms with Gasteiger partial charge in [0.1, 0.15) is 17.2 Å². The van der Waals surface area contributed by atoms with E-state index in [9.17, 15) is 23.3 Å². The molecule has 2 saturated heterocycles. The minimum absolute atomic E-state index is 0.0137. The smallest absolute Gasteiger partial charge is 0.293 e. The minimum atomic E-state index is -4.57. The lowest BCUT2D eigenvalue weighted by atomic mass is 9.72. The van der Waals surface area contributed by atoms with Crippen LogP contribution in [-0.4, -0.2) is 106 Å². The Kier molecular flexibility index (Phi) is 13.1. The van der Waals surface area contributed by atoms with E-state index in [0.717, 1.165) is 92.5 Å². The van der Waals surface area contributed by atoms with E-state index in [1.165, 1.54) is 28.8 Å². The third-order valence-electron chi connectivity index (χ3n) is 13.2. The van der Waals surface area contributed by atoms with E-state index in [2.05, 4.69) is 55.7 Å². The second-order valence-electron chi connectivity index (χ2n) is 18.2. The van der Waals surface area contributed by atoms with Crippen LogP contribution in [0, 0.1) is 15.5 Å². The number of sulfonamides is 1. The van der Waals surface area contributed by atoms with Gasteiger partial charge in [-0.15, -0.1) is 0 Å². The molecule has 3 aliphatic rings. The predicted octanol–water partition coefficient (Wildman–Crippen LogP) is 8.95. The molecule has 1 amide bonds. The molecule has 5 aromatic rings. The van der Waals surface area contributed by atoms with Crippen LogP contribution in [0.15, 0.2) is 102 Å². The molecule has 0 radical (unpaired) electrons. The van der Waals surface area contributed by atoms with Gasteiger partial charge in [-0.1, -0.05) is 43.2 Å². The number of nitrogens with one attached hydrogen (secondary N) is 3. The first-order chi connectivity index (χ1) is 30.6. The average molecular weight is 911 g/mol. The topological polar surface area (TPSA) is 162 Å². The van der Waals surface area contributed by atoms with Gasteiger partial charge in [0, 0.05) is 98.0 Å². The monoisotopic (exact) mass is 909 g/mol. The summed E-state index contributed by atoms with van der Waals surface area (Å²) < 4.78 is 41.7. The molecule has 0 saturated carbocycles. The largest absolute Gasteiger partial charge is 0.456 e. The first-order valence-electron chi connectivity index (χ1n) is 21.8. The van der Waals surface area contributed by atoms with Crippen molar-refractivity contribution in [1.82, 2.24) is 19.5 Å². The number of benzene rings is 4. The molecule has 2 fully saturated rings. The summed E-state index contributed by atoms with van der Waals surface area (Å²) in [5.41, 5.74) is 5.52. The molecule has 3 heterocycles. The van der Waals surface area contributed by atoms with E-state index in [1.54, 1.807) is 24.3 Å². The first kappa shape index (κ1) is 45.1. The number of carbonyl (C=O) groups is 1. The van der Waals surface area contributed by atoms with Crippen LogP contribution in [0.2, 0.25) is 5.02 Å². The number of halogens is 1. The fraction of sp³-hybridized carbons (Fsp3) is 0.396. The van der Waals surface area contributed by atoms with Crippen molar-refractivity contribution >= 4 is 61.1 Å². The number of nitrogens with zero attached hydrogens (tertiary/aromatic N) is 4. The zero-order valence-electron chi connectivity index (χ0n) is 36.8. The maximum absolute atomic E-state index is 14.0. The number of amides is 1. The van der Waals surface area contributed by atoms with Crippen LogP contribution < -0.4 is 19.7 Å². The summed E-state index contributed by atoms with van der Waals surface area (Å²) in [6.07, 6.45) is 6.48. The Morgan fingerprint density at radius 1 is 0.953 bits per heavy atom. The summed E-state index contributed by atoms with van der Waals surface area (Å²) in [7, 11) is -0.654. The highest BCUT2D eigenvalue weighted by molar-refractivity contribution is 7.90. The molecule has 0 spiro atoms. The lowest BCUT2D eigenvalue weighted by Crippen LogP contribution is -2.53. The van der Waals surface area contributed by atoms with Crippen molar-refractivity contribution in [1.29, 1.82) is 0 Å². The number of rotatable bonds is 14. The number of piperazine rings is 1. The van der Waals surface area contributed by atoms with Crippen molar-refractivity contribution in [3.05, 3.63) is 123 Å². The molecule has 64 heavy (non-hydrogen) atoms. The van der Waals surface area contributed by atoms with Crippen molar-refractivity contribution in [3.63, 3.8) is 0 Å². The molecule has 14 nitrogen and oxygen atoms in total. The number of fused-ring (bicyclic) bond motifs is 1. The van der Waals surface area contributed by atoms with Gasteiger partial charge in [-0.2, -0.15) is 0 Å². The molecule has 16 heteroatoms. The summed E-state index contributed by atoms with van der Waals surface area (Å²) in [6, 6.07) is 24.3. The van der Waals surface area contributed by atoms with E-state index < -0.39 is 31.4 Å². The second-order valence-corrected chi connectivity index (χ2v) is 20.3. The number of carbonyl (C=O) groups excluding carboxylic acids is 1. The number of H-pyrrole nitrogens is 1. The van der Waals surface area contributed by atoms with Crippen molar-refractivity contribution < 1.29 is 27.6 Å². The summed E-state index contributed by atoms with van der Waals surface area (Å²) in [6.45, 7) is 10.2. The predicted molar refractivity (Wildman–Crippen MR) is 252 cm³/mol. The number of nitro benzene ring substituents is 1. The molecule has 4 aromatic carbocycles. The summed E-state index contributed by atoms with van der Waals surface area (Å²) in [5.74, 6) is -0.313. The molecule has 8 rings (SSSR count). The molecule has 2 aliphatic heterocycles. The third kappa shape index (κ3) is 10.1. The molecule has 0 unspecified atom stereocenters. The number of hydrogen-bond donors (Lipinski definition) is 3. The van der Waals surface area contributed by atoms with Gasteiger partial charge < -0.3 is 29.6 Å². The first-order valence-corrected chi connectivity index (χ1v) is 23.6. The zero-order valence-corrected chi connectivity index (χ0v) is 38.4. The normalized spacial score (nSPS) is 18.0. The molecule has 0 bridgehead atoms. The Balaban J connectivity index is 1.01. The van der Waals surface area contributed by atoms with Gasteiger partial charge in [-0.3, -0.25) is 19.8 Å². The van der Waals surface area contributed by atoms with E-state index in [0.29, 0.717) is 25.5 Å². The van der Waals surface area contributed by atoms with Crippen molar-refractivity contribution in [2.24, 2.45) is 5.41 Å². The van der Waals surface area contributed by atoms with E-state index in [1.807, 2.05) is 50.6 Å². The Labute approximate surface area is 379 Å². The molecule has 1 aromatic heterocycles.